The van der Waals surface area contributed by atoms with Gasteiger partial charge < -0.3 is 19.1 Å². The molecular formula is C23H26ClNO5. The number of carbonyl (C=O) groups is 1. The Morgan fingerprint density at radius 3 is 2.77 bits per heavy atom. The second-order valence-electron chi connectivity index (χ2n) is 8.04. The van der Waals surface area contributed by atoms with Crippen LogP contribution in [0.1, 0.15) is 65.5 Å². The van der Waals surface area contributed by atoms with Crippen LogP contribution in [0.25, 0.3) is 11.3 Å². The van der Waals surface area contributed by atoms with Gasteiger partial charge in [0.05, 0.1) is 25.5 Å². The highest BCUT2D eigenvalue weighted by Crippen LogP contribution is 2.49. The highest BCUT2D eigenvalue weighted by Gasteiger charge is 2.35. The van der Waals surface area contributed by atoms with E-state index in [0.29, 0.717) is 24.8 Å². The lowest BCUT2D eigenvalue weighted by Gasteiger charge is -2.37. The maximum absolute atomic E-state index is 12.5. The van der Waals surface area contributed by atoms with Crippen molar-refractivity contribution in [2.24, 2.45) is 0 Å². The Labute approximate surface area is 180 Å². The normalized spacial score (nSPS) is 20.1. The summed E-state index contributed by atoms with van der Waals surface area (Å²) in [5.74, 6) is -0.929. The molecule has 1 fully saturated rings. The molecule has 2 heterocycles. The minimum atomic E-state index is -1.19. The predicted octanol–water partition coefficient (Wildman–Crippen LogP) is 4.63. The minimum absolute atomic E-state index is 0.136. The van der Waals surface area contributed by atoms with Crippen molar-refractivity contribution in [1.29, 1.82) is 0 Å². The first-order chi connectivity index (χ1) is 14.5. The van der Waals surface area contributed by atoms with E-state index >= 15 is 0 Å². The van der Waals surface area contributed by atoms with Crippen LogP contribution in [0.2, 0.25) is 5.02 Å². The summed E-state index contributed by atoms with van der Waals surface area (Å²) >= 11 is 6.58. The van der Waals surface area contributed by atoms with Crippen molar-refractivity contribution in [2.75, 3.05) is 20.3 Å². The lowest BCUT2D eigenvalue weighted by atomic mass is 9.79. The third-order valence-corrected chi connectivity index (χ3v) is 6.58. The fourth-order valence-corrected chi connectivity index (χ4v) is 5.00. The van der Waals surface area contributed by atoms with Crippen molar-refractivity contribution in [2.45, 2.75) is 50.7 Å². The van der Waals surface area contributed by atoms with Crippen LogP contribution in [0, 0.1) is 0 Å². The predicted molar refractivity (Wildman–Crippen MR) is 115 cm³/mol. The van der Waals surface area contributed by atoms with Gasteiger partial charge in [0, 0.05) is 41.9 Å². The molecule has 1 aliphatic heterocycles. The Morgan fingerprint density at radius 2 is 2.00 bits per heavy atom. The zero-order chi connectivity index (χ0) is 21.3. The topological polar surface area (TPSA) is 77.8 Å². The van der Waals surface area contributed by atoms with Crippen LogP contribution in [-0.4, -0.2) is 36.0 Å². The van der Waals surface area contributed by atoms with Crippen molar-refractivity contribution in [1.82, 2.24) is 4.57 Å². The van der Waals surface area contributed by atoms with Crippen LogP contribution in [-0.2, 0) is 16.1 Å². The summed E-state index contributed by atoms with van der Waals surface area (Å²) in [6.07, 6.45) is 6.89. The summed E-state index contributed by atoms with van der Waals surface area (Å²) in [5.41, 5.74) is 3.11. The molecule has 2 aliphatic rings. The van der Waals surface area contributed by atoms with Gasteiger partial charge >= 0.3 is 5.97 Å². The number of hydrogen-bond acceptors (Lipinski definition) is 4. The van der Waals surface area contributed by atoms with Crippen molar-refractivity contribution in [3.8, 4) is 11.3 Å². The number of rotatable bonds is 6. The average molecular weight is 432 g/mol. The zero-order valence-corrected chi connectivity index (χ0v) is 17.8. The summed E-state index contributed by atoms with van der Waals surface area (Å²) in [4.78, 5) is 24.0. The molecular weight excluding hydrogens is 406 g/mol. The molecule has 0 saturated heterocycles. The summed E-state index contributed by atoms with van der Waals surface area (Å²) in [6.45, 7) is 1.42. The van der Waals surface area contributed by atoms with Gasteiger partial charge in [0.1, 0.15) is 5.56 Å². The molecule has 0 spiro atoms. The van der Waals surface area contributed by atoms with Gasteiger partial charge in [-0.15, -0.1) is 0 Å². The molecule has 30 heavy (non-hydrogen) atoms. The van der Waals surface area contributed by atoms with Gasteiger partial charge in [-0.2, -0.15) is 0 Å². The molecule has 1 aromatic carbocycles. The lowest BCUT2D eigenvalue weighted by molar-refractivity contribution is 0.0616. The number of methoxy groups -OCH3 is 1. The second kappa shape index (κ2) is 8.92. The third kappa shape index (κ3) is 3.92. The molecule has 0 unspecified atom stereocenters. The van der Waals surface area contributed by atoms with E-state index in [4.69, 9.17) is 21.1 Å². The van der Waals surface area contributed by atoms with Crippen molar-refractivity contribution in [3.63, 3.8) is 0 Å². The monoisotopic (exact) mass is 431 g/mol. The standard InChI is InChI=1S/C23H26ClNO5/c1-29-7-8-30-13-14-9-16-15-5-3-2-4-6-20(15)25-12-18(23(27)28)22(26)11-21(25)17(16)10-19(14)24/h9-12,15,20H,2-8,13H2,1H3,(H,27,28)/t15-,20+/m0/s1. The highest BCUT2D eigenvalue weighted by molar-refractivity contribution is 6.31. The average Bonchev–Trinajstić information content (AvgIpc) is 2.97. The number of aromatic carboxylic acids is 1. The van der Waals surface area contributed by atoms with E-state index in [0.717, 1.165) is 48.9 Å². The molecule has 1 aromatic heterocycles. The fraction of sp³-hybridized carbons (Fsp3) is 0.478. The highest BCUT2D eigenvalue weighted by atomic mass is 35.5. The number of fused-ring (bicyclic) bond motifs is 6. The van der Waals surface area contributed by atoms with Crippen LogP contribution in [0.3, 0.4) is 0 Å². The minimum Gasteiger partial charge on any atom is -0.477 e. The summed E-state index contributed by atoms with van der Waals surface area (Å²) in [6, 6.07) is 5.61. The van der Waals surface area contributed by atoms with E-state index in [1.165, 1.54) is 17.8 Å². The number of nitrogens with zero attached hydrogens (tertiary/aromatic N) is 1. The zero-order valence-electron chi connectivity index (χ0n) is 17.0. The van der Waals surface area contributed by atoms with Gasteiger partial charge in [-0.05, 0) is 30.0 Å². The molecule has 1 saturated carbocycles. The van der Waals surface area contributed by atoms with E-state index < -0.39 is 11.4 Å². The summed E-state index contributed by atoms with van der Waals surface area (Å²) in [5, 5.41) is 10.0. The molecule has 2 aromatic rings. The molecule has 1 aliphatic carbocycles. The molecule has 0 amide bonds. The van der Waals surface area contributed by atoms with E-state index in [1.807, 2.05) is 10.6 Å². The van der Waals surface area contributed by atoms with Crippen LogP contribution in [0.15, 0.2) is 29.2 Å². The molecule has 2 atom stereocenters. The van der Waals surface area contributed by atoms with Crippen molar-refractivity contribution < 1.29 is 19.4 Å². The quantitative estimate of drug-likeness (QED) is 0.674. The van der Waals surface area contributed by atoms with Crippen LogP contribution in [0.4, 0.5) is 0 Å². The first-order valence-corrected chi connectivity index (χ1v) is 10.8. The van der Waals surface area contributed by atoms with Crippen molar-refractivity contribution in [3.05, 3.63) is 56.3 Å². The van der Waals surface area contributed by atoms with Gasteiger partial charge in [0.15, 0.2) is 5.43 Å². The van der Waals surface area contributed by atoms with Crippen molar-refractivity contribution >= 4 is 17.6 Å². The van der Waals surface area contributed by atoms with Gasteiger partial charge in [0.2, 0.25) is 0 Å². The molecule has 0 radical (unpaired) electrons. The Hall–Kier alpha value is -2.15. The van der Waals surface area contributed by atoms with Crippen LogP contribution >= 0.6 is 11.6 Å². The Morgan fingerprint density at radius 1 is 1.20 bits per heavy atom. The molecule has 7 heteroatoms. The molecule has 4 rings (SSSR count). The third-order valence-electron chi connectivity index (χ3n) is 6.23. The Kier molecular flexibility index (Phi) is 6.27. The molecule has 160 valence electrons. The van der Waals surface area contributed by atoms with Gasteiger partial charge in [-0.25, -0.2) is 4.79 Å². The first-order valence-electron chi connectivity index (χ1n) is 10.4. The van der Waals surface area contributed by atoms with E-state index in [1.54, 1.807) is 7.11 Å². The Bertz CT molecular complexity index is 1020. The molecule has 6 nitrogen and oxygen atoms in total. The van der Waals surface area contributed by atoms with E-state index in [9.17, 15) is 14.7 Å². The number of carboxylic acids is 1. The van der Waals surface area contributed by atoms with E-state index in [-0.39, 0.29) is 17.5 Å². The number of pyridine rings is 1. The molecule has 1 N–H and O–H groups in total. The van der Waals surface area contributed by atoms with Crippen LogP contribution in [0.5, 0.6) is 0 Å². The first kappa shape index (κ1) is 21.1. The maximum Gasteiger partial charge on any atom is 0.341 e. The number of halogens is 1. The summed E-state index contributed by atoms with van der Waals surface area (Å²) < 4.78 is 12.7. The van der Waals surface area contributed by atoms with Gasteiger partial charge in [-0.3, -0.25) is 4.79 Å². The van der Waals surface area contributed by atoms with E-state index in [2.05, 4.69) is 6.07 Å². The smallest absolute Gasteiger partial charge is 0.341 e. The number of carboxylic acid groups (broad SMARTS) is 1. The van der Waals surface area contributed by atoms with Crippen LogP contribution < -0.4 is 5.43 Å². The number of benzene rings is 1. The largest absolute Gasteiger partial charge is 0.477 e. The van der Waals surface area contributed by atoms with Gasteiger partial charge in [0.25, 0.3) is 0 Å². The SMILES string of the molecule is COCCOCc1cc2c(cc1Cl)-c1cc(=O)c(C(=O)O)cn1[C@@H]1CCCCC[C@@H]21. The van der Waals surface area contributed by atoms with Gasteiger partial charge in [-0.1, -0.05) is 36.9 Å². The summed E-state index contributed by atoms with van der Waals surface area (Å²) in [7, 11) is 1.64. The fourth-order valence-electron chi connectivity index (χ4n) is 4.79. The Balaban J connectivity index is 1.83. The second-order valence-corrected chi connectivity index (χ2v) is 8.44. The number of ether oxygens (including phenoxy) is 2. The molecule has 0 bridgehead atoms. The maximum atomic E-state index is 12.5. The number of hydrogen-bond donors (Lipinski definition) is 1. The lowest BCUT2D eigenvalue weighted by Crippen LogP contribution is -2.28. The number of aromatic nitrogens is 1.